The number of ether oxygens (including phenoxy) is 1. The Morgan fingerprint density at radius 2 is 1.80 bits per heavy atom. The van der Waals surface area contributed by atoms with Crippen LogP contribution in [-0.2, 0) is 4.74 Å². The van der Waals surface area contributed by atoms with E-state index in [-0.39, 0.29) is 5.75 Å². The molecule has 15 heavy (non-hydrogen) atoms. The van der Waals surface area contributed by atoms with Crippen LogP contribution in [0.25, 0.3) is 0 Å². The van der Waals surface area contributed by atoms with Crippen molar-refractivity contribution in [3.63, 3.8) is 0 Å². The van der Waals surface area contributed by atoms with Gasteiger partial charge in [0.1, 0.15) is 5.75 Å². The number of aryl methyl sites for hydroxylation is 2. The van der Waals surface area contributed by atoms with Crippen LogP contribution in [0.5, 0.6) is 5.75 Å². The van der Waals surface area contributed by atoms with Crippen LogP contribution >= 0.6 is 11.6 Å². The summed E-state index contributed by atoms with van der Waals surface area (Å²) in [5.74, 6) is 0.157. The molecule has 1 rings (SSSR count). The number of amides is 1. The summed E-state index contributed by atoms with van der Waals surface area (Å²) >= 11 is 5.64. The van der Waals surface area contributed by atoms with E-state index in [2.05, 4.69) is 10.5 Å². The highest BCUT2D eigenvalue weighted by atomic mass is 35.5. The molecule has 3 N–H and O–H groups in total. The zero-order valence-electron chi connectivity index (χ0n) is 8.87. The molecule has 0 saturated heterocycles. The first-order chi connectivity index (χ1) is 6.88. The summed E-state index contributed by atoms with van der Waals surface area (Å²) in [4.78, 5) is 9.37. The third-order valence-corrected chi connectivity index (χ3v) is 2.07. The number of nitrogens with two attached hydrogens (primary N) is 1. The molecule has 0 heterocycles. The maximum absolute atomic E-state index is 9.37. The highest BCUT2D eigenvalue weighted by Crippen LogP contribution is 2.25. The maximum Gasteiger partial charge on any atom is 0.404 e. The van der Waals surface area contributed by atoms with Crippen LogP contribution in [0.15, 0.2) is 12.1 Å². The number of methoxy groups -OCH3 is 1. The van der Waals surface area contributed by atoms with E-state index in [4.69, 9.17) is 16.7 Å². The van der Waals surface area contributed by atoms with Gasteiger partial charge in [0.2, 0.25) is 0 Å². The van der Waals surface area contributed by atoms with Gasteiger partial charge in [-0.25, -0.2) is 4.79 Å². The lowest BCUT2D eigenvalue weighted by atomic mass is 10.1. The Morgan fingerprint density at radius 3 is 2.13 bits per heavy atom. The molecule has 0 atom stereocenters. The molecule has 1 amide bonds. The van der Waals surface area contributed by atoms with Crippen molar-refractivity contribution in [3.8, 4) is 5.75 Å². The maximum atomic E-state index is 9.37. The van der Waals surface area contributed by atoms with Gasteiger partial charge in [-0.3, -0.25) is 0 Å². The predicted octanol–water partition coefficient (Wildman–Crippen LogP) is 2.37. The first-order valence-corrected chi connectivity index (χ1v) is 4.55. The fourth-order valence-electron chi connectivity index (χ4n) is 0.766. The van der Waals surface area contributed by atoms with Crippen LogP contribution in [0.2, 0.25) is 5.02 Å². The zero-order valence-corrected chi connectivity index (χ0v) is 9.63. The lowest BCUT2D eigenvalue weighted by Gasteiger charge is -2.01. The average Bonchev–Trinajstić information content (AvgIpc) is 2.16. The molecule has 0 fully saturated rings. The van der Waals surface area contributed by atoms with Crippen molar-refractivity contribution < 1.29 is 14.6 Å². The van der Waals surface area contributed by atoms with Crippen molar-refractivity contribution in [3.05, 3.63) is 28.3 Å². The SMILES string of the molecule is COC(N)=O.Cc1cc(O)c(Cl)cc1C. The second-order valence-corrected chi connectivity index (χ2v) is 3.32. The van der Waals surface area contributed by atoms with E-state index in [1.54, 1.807) is 12.1 Å². The van der Waals surface area contributed by atoms with Gasteiger partial charge < -0.3 is 15.6 Å². The number of hydrogen-bond acceptors (Lipinski definition) is 3. The smallest absolute Gasteiger partial charge is 0.404 e. The van der Waals surface area contributed by atoms with Gasteiger partial charge in [-0.1, -0.05) is 11.6 Å². The molecule has 84 valence electrons. The number of carbonyl (C=O) groups excluding carboxylic acids is 1. The van der Waals surface area contributed by atoms with Gasteiger partial charge >= 0.3 is 6.09 Å². The Balaban J connectivity index is 0.000000336. The molecule has 1 aromatic carbocycles. The van der Waals surface area contributed by atoms with E-state index in [1.807, 2.05) is 13.8 Å². The number of primary amides is 1. The summed E-state index contributed by atoms with van der Waals surface area (Å²) in [6.07, 6.45) is -0.745. The standard InChI is InChI=1S/C8H9ClO.C2H5NO2/c1-5-3-7(9)8(10)4-6(5)2;1-5-2(3)4/h3-4,10H,1-2H3;1H3,(H2,3,4). The van der Waals surface area contributed by atoms with Crippen LogP contribution < -0.4 is 5.73 Å². The third kappa shape index (κ3) is 5.12. The van der Waals surface area contributed by atoms with Crippen molar-refractivity contribution in [2.75, 3.05) is 7.11 Å². The van der Waals surface area contributed by atoms with Crippen LogP contribution in [-0.4, -0.2) is 18.3 Å². The molecule has 5 heteroatoms. The minimum absolute atomic E-state index is 0.157. The average molecular weight is 232 g/mol. The molecule has 0 bridgehead atoms. The summed E-state index contributed by atoms with van der Waals surface area (Å²) in [7, 11) is 1.22. The highest BCUT2D eigenvalue weighted by molar-refractivity contribution is 6.32. The lowest BCUT2D eigenvalue weighted by molar-refractivity contribution is 0.182. The molecule has 0 saturated carbocycles. The number of phenolic OH excluding ortho intramolecular Hbond substituents is 1. The van der Waals surface area contributed by atoms with Gasteiger partial charge in [-0.05, 0) is 37.1 Å². The number of hydrogen-bond donors (Lipinski definition) is 2. The fourth-order valence-corrected chi connectivity index (χ4v) is 0.984. The largest absolute Gasteiger partial charge is 0.506 e. The molecule has 1 aromatic rings. The second-order valence-electron chi connectivity index (χ2n) is 2.91. The van der Waals surface area contributed by atoms with E-state index in [9.17, 15) is 4.79 Å². The fraction of sp³-hybridized carbons (Fsp3) is 0.300. The van der Waals surface area contributed by atoms with E-state index < -0.39 is 6.09 Å². The van der Waals surface area contributed by atoms with Gasteiger partial charge in [-0.2, -0.15) is 0 Å². The Bertz CT molecular complexity index is 303. The molecule has 0 radical (unpaired) electrons. The Labute approximate surface area is 93.6 Å². The van der Waals surface area contributed by atoms with Crippen LogP contribution in [0.4, 0.5) is 4.79 Å². The Kier molecular flexibility index (Phi) is 5.56. The Hall–Kier alpha value is -1.42. The van der Waals surface area contributed by atoms with Crippen molar-refractivity contribution >= 4 is 17.7 Å². The van der Waals surface area contributed by atoms with Crippen molar-refractivity contribution in [1.29, 1.82) is 0 Å². The number of carbonyl (C=O) groups is 1. The van der Waals surface area contributed by atoms with Gasteiger partial charge in [-0.15, -0.1) is 0 Å². The summed E-state index contributed by atoms with van der Waals surface area (Å²) < 4.78 is 3.89. The van der Waals surface area contributed by atoms with Crippen LogP contribution in [0.3, 0.4) is 0 Å². The molecular weight excluding hydrogens is 218 g/mol. The quantitative estimate of drug-likeness (QED) is 0.720. The number of benzene rings is 1. The van der Waals surface area contributed by atoms with E-state index in [0.29, 0.717) is 5.02 Å². The summed E-state index contributed by atoms with van der Waals surface area (Å²) in [6.45, 7) is 3.89. The van der Waals surface area contributed by atoms with Gasteiger partial charge in [0.15, 0.2) is 0 Å². The van der Waals surface area contributed by atoms with Gasteiger partial charge in [0.05, 0.1) is 12.1 Å². The normalized spacial score (nSPS) is 8.80. The monoisotopic (exact) mass is 231 g/mol. The molecule has 0 aromatic heterocycles. The summed E-state index contributed by atoms with van der Waals surface area (Å²) in [5, 5.41) is 9.51. The van der Waals surface area contributed by atoms with Crippen LogP contribution in [0.1, 0.15) is 11.1 Å². The summed E-state index contributed by atoms with van der Waals surface area (Å²) in [6, 6.07) is 3.42. The number of phenols is 1. The first kappa shape index (κ1) is 13.6. The molecule has 0 unspecified atom stereocenters. The Morgan fingerprint density at radius 1 is 1.40 bits per heavy atom. The van der Waals surface area contributed by atoms with Crippen molar-refractivity contribution in [2.24, 2.45) is 5.73 Å². The minimum atomic E-state index is -0.745. The lowest BCUT2D eigenvalue weighted by Crippen LogP contribution is -2.08. The minimum Gasteiger partial charge on any atom is -0.506 e. The molecule has 0 aliphatic rings. The topological polar surface area (TPSA) is 72.5 Å². The molecule has 0 aliphatic carbocycles. The van der Waals surface area contributed by atoms with Crippen LogP contribution in [0, 0.1) is 13.8 Å². The van der Waals surface area contributed by atoms with E-state index >= 15 is 0 Å². The number of rotatable bonds is 0. The molecule has 0 spiro atoms. The molecule has 4 nitrogen and oxygen atoms in total. The number of halogens is 1. The second kappa shape index (κ2) is 6.14. The molecule has 0 aliphatic heterocycles. The number of aromatic hydroxyl groups is 1. The zero-order chi connectivity index (χ0) is 12.0. The molecular formula is C10H14ClNO3. The van der Waals surface area contributed by atoms with Crippen molar-refractivity contribution in [1.82, 2.24) is 0 Å². The third-order valence-electron chi connectivity index (χ3n) is 1.76. The van der Waals surface area contributed by atoms with Gasteiger partial charge in [0, 0.05) is 0 Å². The highest BCUT2D eigenvalue weighted by Gasteiger charge is 1.99. The first-order valence-electron chi connectivity index (χ1n) is 4.17. The van der Waals surface area contributed by atoms with E-state index in [0.717, 1.165) is 11.1 Å². The summed E-state index contributed by atoms with van der Waals surface area (Å²) in [5.41, 5.74) is 6.59. The van der Waals surface area contributed by atoms with Gasteiger partial charge in [0.25, 0.3) is 0 Å². The van der Waals surface area contributed by atoms with E-state index in [1.165, 1.54) is 7.11 Å². The predicted molar refractivity (Wildman–Crippen MR) is 59.2 cm³/mol. The van der Waals surface area contributed by atoms with Crippen molar-refractivity contribution in [2.45, 2.75) is 13.8 Å².